The van der Waals surface area contributed by atoms with E-state index >= 15 is 0 Å². The van der Waals surface area contributed by atoms with Crippen LogP contribution in [-0.2, 0) is 19.0 Å². The number of H-pyrrole nitrogens is 1. The van der Waals surface area contributed by atoms with Gasteiger partial charge in [0.25, 0.3) is 5.56 Å². The topological polar surface area (TPSA) is 130 Å². The van der Waals surface area contributed by atoms with Gasteiger partial charge in [0.1, 0.15) is 18.9 Å². The Morgan fingerprint density at radius 3 is 2.64 bits per heavy atom. The Morgan fingerprint density at radius 1 is 1.29 bits per heavy atom. The number of aromatic nitrogens is 3. The summed E-state index contributed by atoms with van der Waals surface area (Å²) < 4.78 is 30.9. The number of hydrogen-bond acceptors (Lipinski definition) is 8. The maximum atomic E-state index is 14.8. The van der Waals surface area contributed by atoms with Gasteiger partial charge < -0.3 is 14.2 Å². The summed E-state index contributed by atoms with van der Waals surface area (Å²) in [5, 5.41) is 3.55. The van der Waals surface area contributed by atoms with Crippen LogP contribution in [0.5, 0.6) is 0 Å². The largest absolute Gasteiger partial charge is 0.459 e. The third-order valence-corrected chi connectivity index (χ3v) is 3.94. The van der Waals surface area contributed by atoms with E-state index in [4.69, 9.17) is 14.2 Å². The maximum Gasteiger partial charge on any atom is 0.347 e. The maximum absolute atomic E-state index is 14.8. The van der Waals surface area contributed by atoms with Gasteiger partial charge in [0.05, 0.1) is 5.56 Å². The summed E-state index contributed by atoms with van der Waals surface area (Å²) in [5.41, 5.74) is -1.49. The molecule has 148 valence electrons. The second kappa shape index (κ2) is 8.13. The number of halogens is 1. The Bertz CT molecular complexity index is 974. The number of rotatable bonds is 5. The molecule has 1 fully saturated rings. The molecule has 1 saturated heterocycles. The number of esters is 2. The Balaban J connectivity index is 1.78. The van der Waals surface area contributed by atoms with Crippen LogP contribution in [0.4, 0.5) is 4.39 Å². The fraction of sp³-hybridized carbons (Fsp3) is 0.353. The summed E-state index contributed by atoms with van der Waals surface area (Å²) >= 11 is 0. The highest BCUT2D eigenvalue weighted by molar-refractivity contribution is 5.89. The molecule has 3 rings (SSSR count). The molecule has 2 aromatic rings. The van der Waals surface area contributed by atoms with Gasteiger partial charge >= 0.3 is 17.6 Å². The minimum Gasteiger partial charge on any atom is -0.459 e. The highest BCUT2D eigenvalue weighted by atomic mass is 19.1. The molecular weight excluding hydrogens is 377 g/mol. The summed E-state index contributed by atoms with van der Waals surface area (Å²) in [5.74, 6) is -1.46. The molecule has 1 aromatic heterocycles. The normalized spacial score (nSPS) is 23.9. The van der Waals surface area contributed by atoms with E-state index in [1.165, 1.54) is 12.1 Å². The van der Waals surface area contributed by atoms with Crippen molar-refractivity contribution in [2.45, 2.75) is 31.5 Å². The fourth-order valence-electron chi connectivity index (χ4n) is 2.72. The lowest BCUT2D eigenvalue weighted by atomic mass is 10.1. The number of nitrogens with zero attached hydrogens (tertiary/aromatic N) is 2. The van der Waals surface area contributed by atoms with Crippen LogP contribution in [0.2, 0.25) is 0 Å². The molecule has 0 spiro atoms. The first kappa shape index (κ1) is 19.4. The first-order valence-electron chi connectivity index (χ1n) is 8.24. The molecule has 1 aliphatic heterocycles. The van der Waals surface area contributed by atoms with Gasteiger partial charge in [0, 0.05) is 6.92 Å². The third-order valence-electron chi connectivity index (χ3n) is 3.94. The molecule has 2 heterocycles. The number of alkyl halides is 1. The molecule has 0 aliphatic carbocycles. The lowest BCUT2D eigenvalue weighted by molar-refractivity contribution is -0.152. The van der Waals surface area contributed by atoms with Crippen molar-refractivity contribution in [1.29, 1.82) is 0 Å². The molecule has 1 aliphatic rings. The van der Waals surface area contributed by atoms with E-state index in [0.717, 1.165) is 13.1 Å². The SMILES string of the molecule is CC(=O)O[C@H]1[C@H](F)[C@H](n2ncc(=O)[nH]c2=O)O[C@@H]1COC(=O)c1ccccc1. The molecular formula is C17H16FN3O7. The third kappa shape index (κ3) is 4.14. The number of benzene rings is 1. The zero-order chi connectivity index (χ0) is 20.3. The van der Waals surface area contributed by atoms with Crippen molar-refractivity contribution >= 4 is 11.9 Å². The van der Waals surface area contributed by atoms with E-state index in [1.54, 1.807) is 18.2 Å². The molecule has 0 bridgehead atoms. The highest BCUT2D eigenvalue weighted by Gasteiger charge is 2.49. The van der Waals surface area contributed by atoms with Crippen molar-refractivity contribution in [2.24, 2.45) is 0 Å². The summed E-state index contributed by atoms with van der Waals surface area (Å²) in [6.07, 6.45) is -5.40. The van der Waals surface area contributed by atoms with E-state index in [0.29, 0.717) is 4.68 Å². The predicted octanol–water partition coefficient (Wildman–Crippen LogP) is -0.0442. The van der Waals surface area contributed by atoms with Crippen LogP contribution in [0.15, 0.2) is 46.1 Å². The highest BCUT2D eigenvalue weighted by Crippen LogP contribution is 2.33. The van der Waals surface area contributed by atoms with Crippen molar-refractivity contribution in [3.05, 3.63) is 62.9 Å². The van der Waals surface area contributed by atoms with Gasteiger partial charge in [-0.25, -0.2) is 14.0 Å². The number of hydrogen-bond donors (Lipinski definition) is 1. The van der Waals surface area contributed by atoms with Crippen LogP contribution in [0.25, 0.3) is 0 Å². The zero-order valence-electron chi connectivity index (χ0n) is 14.6. The first-order chi connectivity index (χ1) is 13.4. The number of carbonyl (C=O) groups excluding carboxylic acids is 2. The van der Waals surface area contributed by atoms with Gasteiger partial charge in [-0.05, 0) is 12.1 Å². The van der Waals surface area contributed by atoms with Crippen LogP contribution in [0.1, 0.15) is 23.5 Å². The van der Waals surface area contributed by atoms with E-state index in [1.807, 2.05) is 4.98 Å². The monoisotopic (exact) mass is 393 g/mol. The van der Waals surface area contributed by atoms with Crippen LogP contribution >= 0.6 is 0 Å². The van der Waals surface area contributed by atoms with Crippen LogP contribution in [-0.4, -0.2) is 51.7 Å². The molecule has 10 nitrogen and oxygen atoms in total. The summed E-state index contributed by atoms with van der Waals surface area (Å²) in [4.78, 5) is 48.3. The lowest BCUT2D eigenvalue weighted by Gasteiger charge is -2.18. The predicted molar refractivity (Wildman–Crippen MR) is 90.2 cm³/mol. The van der Waals surface area contributed by atoms with Gasteiger partial charge in [-0.15, -0.1) is 0 Å². The minimum atomic E-state index is -1.99. The van der Waals surface area contributed by atoms with Gasteiger partial charge in [0.2, 0.25) is 0 Å². The molecule has 11 heteroatoms. The van der Waals surface area contributed by atoms with Crippen molar-refractivity contribution in [3.63, 3.8) is 0 Å². The molecule has 0 amide bonds. The quantitative estimate of drug-likeness (QED) is 0.701. The molecule has 0 unspecified atom stereocenters. The van der Waals surface area contributed by atoms with E-state index in [9.17, 15) is 23.6 Å². The Hall–Kier alpha value is -3.34. The number of nitrogens with one attached hydrogen (secondary N) is 1. The van der Waals surface area contributed by atoms with Crippen molar-refractivity contribution in [1.82, 2.24) is 14.8 Å². The van der Waals surface area contributed by atoms with E-state index < -0.39 is 54.4 Å². The van der Waals surface area contributed by atoms with E-state index in [-0.39, 0.29) is 5.56 Å². The average Bonchev–Trinajstić information content (AvgIpc) is 2.96. The molecule has 28 heavy (non-hydrogen) atoms. The average molecular weight is 393 g/mol. The molecule has 4 atom stereocenters. The van der Waals surface area contributed by atoms with Gasteiger partial charge in [-0.2, -0.15) is 9.78 Å². The number of aromatic amines is 1. The van der Waals surface area contributed by atoms with Crippen molar-refractivity contribution in [2.75, 3.05) is 6.61 Å². The minimum absolute atomic E-state index is 0.274. The lowest BCUT2D eigenvalue weighted by Crippen LogP contribution is -2.39. The van der Waals surface area contributed by atoms with Crippen molar-refractivity contribution in [3.8, 4) is 0 Å². The Kier molecular flexibility index (Phi) is 5.64. The van der Waals surface area contributed by atoms with Gasteiger partial charge in [0.15, 0.2) is 18.5 Å². The second-order valence-corrected chi connectivity index (χ2v) is 5.93. The first-order valence-corrected chi connectivity index (χ1v) is 8.24. The number of carbonyl (C=O) groups is 2. The zero-order valence-corrected chi connectivity index (χ0v) is 14.6. The molecule has 1 N–H and O–H groups in total. The van der Waals surface area contributed by atoms with Gasteiger partial charge in [-0.1, -0.05) is 18.2 Å². The summed E-state index contributed by atoms with van der Waals surface area (Å²) in [7, 11) is 0. The second-order valence-electron chi connectivity index (χ2n) is 5.93. The van der Waals surface area contributed by atoms with Crippen molar-refractivity contribution < 1.29 is 28.2 Å². The Morgan fingerprint density at radius 2 is 2.00 bits per heavy atom. The molecule has 0 saturated carbocycles. The van der Waals surface area contributed by atoms with Gasteiger partial charge in [-0.3, -0.25) is 14.6 Å². The Labute approximate surface area is 156 Å². The molecule has 1 aromatic carbocycles. The standard InChI is InChI=1S/C17H16FN3O7/c1-9(22)27-14-11(8-26-16(24)10-5-3-2-4-6-10)28-15(13(14)18)21-17(25)20-12(23)7-19-21/h2-7,11,13-15H,8H2,1H3,(H,20,23,25)/t11-,13+,14-,15-/m1/s1. The van der Waals surface area contributed by atoms with Crippen LogP contribution in [0, 0.1) is 0 Å². The van der Waals surface area contributed by atoms with E-state index in [2.05, 4.69) is 5.10 Å². The molecule has 0 radical (unpaired) electrons. The van der Waals surface area contributed by atoms with Crippen LogP contribution in [0.3, 0.4) is 0 Å². The number of ether oxygens (including phenoxy) is 3. The smallest absolute Gasteiger partial charge is 0.347 e. The summed E-state index contributed by atoms with van der Waals surface area (Å²) in [6.45, 7) is 0.651. The van der Waals surface area contributed by atoms with Crippen LogP contribution < -0.4 is 11.2 Å². The summed E-state index contributed by atoms with van der Waals surface area (Å²) in [6, 6.07) is 8.08. The fourth-order valence-corrected chi connectivity index (χ4v) is 2.72.